The van der Waals surface area contributed by atoms with Crippen molar-refractivity contribution in [2.45, 2.75) is 69.7 Å². The van der Waals surface area contributed by atoms with Crippen molar-refractivity contribution >= 4 is 25.7 Å². The third kappa shape index (κ3) is 5.89. The summed E-state index contributed by atoms with van der Waals surface area (Å²) in [5, 5.41) is 0. The van der Waals surface area contributed by atoms with Crippen LogP contribution in [0, 0.1) is 19.3 Å². The third-order valence-electron chi connectivity index (χ3n) is 9.15. The predicted molar refractivity (Wildman–Crippen MR) is 157 cm³/mol. The van der Waals surface area contributed by atoms with Gasteiger partial charge in [-0.3, -0.25) is 4.98 Å². The summed E-state index contributed by atoms with van der Waals surface area (Å²) in [6, 6.07) is 7.38. The van der Waals surface area contributed by atoms with Gasteiger partial charge in [0.05, 0.1) is 17.8 Å². The fourth-order valence-corrected chi connectivity index (χ4v) is 10.7. The summed E-state index contributed by atoms with van der Waals surface area (Å²) in [5.74, 6) is 0.706. The lowest BCUT2D eigenvalue weighted by Gasteiger charge is -2.40. The summed E-state index contributed by atoms with van der Waals surface area (Å²) in [6.07, 6.45) is 9.05. The lowest BCUT2D eigenvalue weighted by Crippen LogP contribution is -2.42. The molecule has 9 nitrogen and oxygen atoms in total. The molecule has 0 aliphatic carbocycles. The second kappa shape index (κ2) is 11.6. The Morgan fingerprint density at radius 1 is 0.975 bits per heavy atom. The minimum atomic E-state index is -3.69. The van der Waals surface area contributed by atoms with E-state index in [0.717, 1.165) is 45.2 Å². The minimum absolute atomic E-state index is 0.0566. The first-order valence-corrected chi connectivity index (χ1v) is 17.4. The van der Waals surface area contributed by atoms with E-state index in [1.807, 2.05) is 24.5 Å². The molecule has 0 radical (unpaired) electrons. The Balaban J connectivity index is 1.16. The Labute approximate surface area is 239 Å². The van der Waals surface area contributed by atoms with E-state index in [-0.39, 0.29) is 17.2 Å². The smallest absolute Gasteiger partial charge is 0.243 e. The highest BCUT2D eigenvalue weighted by Crippen LogP contribution is 2.42. The van der Waals surface area contributed by atoms with Crippen LogP contribution in [0.5, 0.6) is 5.75 Å². The van der Waals surface area contributed by atoms with Crippen LogP contribution in [0.3, 0.4) is 0 Å². The first-order chi connectivity index (χ1) is 19.0. The van der Waals surface area contributed by atoms with Gasteiger partial charge in [0, 0.05) is 56.8 Å². The molecule has 1 aromatic carbocycles. The van der Waals surface area contributed by atoms with Crippen molar-refractivity contribution in [1.29, 1.82) is 0 Å². The number of nitrogens with zero attached hydrogens (tertiary/aromatic N) is 4. The van der Waals surface area contributed by atoms with Gasteiger partial charge in [0.25, 0.3) is 0 Å². The highest BCUT2D eigenvalue weighted by molar-refractivity contribution is 7.89. The molecule has 3 saturated heterocycles. The molecule has 1 atom stereocenters. The topological polar surface area (TPSA) is 100 Å². The van der Waals surface area contributed by atoms with Gasteiger partial charge in [0.2, 0.25) is 20.0 Å². The first-order valence-electron chi connectivity index (χ1n) is 14.3. The molecule has 2 aromatic rings. The molecule has 0 saturated carbocycles. The number of hydrogen-bond acceptors (Lipinski definition) is 7. The van der Waals surface area contributed by atoms with Crippen LogP contribution in [-0.2, 0) is 20.0 Å². The number of rotatable bonds is 9. The zero-order valence-corrected chi connectivity index (χ0v) is 25.5. The third-order valence-corrected chi connectivity index (χ3v) is 13.3. The van der Waals surface area contributed by atoms with Crippen molar-refractivity contribution in [2.75, 3.05) is 50.5 Å². The summed E-state index contributed by atoms with van der Waals surface area (Å²) in [4.78, 5) is 6.80. The summed E-state index contributed by atoms with van der Waals surface area (Å²) in [7, 11) is -5.51. The van der Waals surface area contributed by atoms with Crippen LogP contribution in [-0.4, -0.2) is 82.1 Å². The number of hydrogen-bond donors (Lipinski definition) is 0. The predicted octanol–water partition coefficient (Wildman–Crippen LogP) is 3.96. The van der Waals surface area contributed by atoms with Gasteiger partial charge in [-0.25, -0.2) is 21.1 Å². The molecule has 0 amide bonds. The molecule has 1 unspecified atom stereocenters. The van der Waals surface area contributed by atoms with Crippen molar-refractivity contribution in [1.82, 2.24) is 13.6 Å². The molecule has 1 aromatic heterocycles. The second-order valence-electron chi connectivity index (χ2n) is 11.7. The lowest BCUT2D eigenvalue weighted by molar-refractivity contribution is 0.234. The average molecular weight is 591 g/mol. The number of ether oxygens (including phenoxy) is 1. The number of anilines is 1. The van der Waals surface area contributed by atoms with E-state index in [2.05, 4.69) is 9.88 Å². The van der Waals surface area contributed by atoms with Crippen LogP contribution < -0.4 is 9.64 Å². The van der Waals surface area contributed by atoms with E-state index in [0.29, 0.717) is 54.2 Å². The average Bonchev–Trinajstić information content (AvgIpc) is 3.57. The molecular weight excluding hydrogens is 548 g/mol. The van der Waals surface area contributed by atoms with Gasteiger partial charge in [-0.2, -0.15) is 4.31 Å². The summed E-state index contributed by atoms with van der Waals surface area (Å²) >= 11 is 0. The number of sulfonamides is 2. The van der Waals surface area contributed by atoms with Crippen LogP contribution in [0.25, 0.3) is 0 Å². The van der Waals surface area contributed by atoms with Crippen molar-refractivity contribution in [2.24, 2.45) is 5.41 Å². The molecule has 11 heteroatoms. The molecule has 40 heavy (non-hydrogen) atoms. The molecule has 3 aliphatic rings. The molecule has 3 aliphatic heterocycles. The first kappa shape index (κ1) is 29.3. The quantitative estimate of drug-likeness (QED) is 0.436. The lowest BCUT2D eigenvalue weighted by atomic mass is 9.78. The van der Waals surface area contributed by atoms with E-state index >= 15 is 0 Å². The molecule has 3 fully saturated rings. The van der Waals surface area contributed by atoms with Gasteiger partial charge < -0.3 is 9.64 Å². The van der Waals surface area contributed by atoms with Crippen molar-refractivity contribution in [3.63, 3.8) is 0 Å². The highest BCUT2D eigenvalue weighted by atomic mass is 32.2. The summed E-state index contributed by atoms with van der Waals surface area (Å²) in [6.45, 7) is 7.10. The zero-order valence-electron chi connectivity index (χ0n) is 23.9. The number of aryl methyl sites for hydroxylation is 2. The van der Waals surface area contributed by atoms with Crippen molar-refractivity contribution in [3.05, 3.63) is 47.8 Å². The Morgan fingerprint density at radius 3 is 2.27 bits per heavy atom. The Kier molecular flexibility index (Phi) is 8.48. The van der Waals surface area contributed by atoms with Crippen LogP contribution in [0.15, 0.2) is 41.6 Å². The highest BCUT2D eigenvalue weighted by Gasteiger charge is 2.44. The van der Waals surface area contributed by atoms with Gasteiger partial charge in [0.1, 0.15) is 5.75 Å². The van der Waals surface area contributed by atoms with E-state index in [1.165, 1.54) is 5.69 Å². The number of benzene rings is 1. The van der Waals surface area contributed by atoms with Crippen LogP contribution in [0.4, 0.5) is 5.69 Å². The summed E-state index contributed by atoms with van der Waals surface area (Å²) in [5.41, 5.74) is 2.56. The van der Waals surface area contributed by atoms with Gasteiger partial charge in [-0.1, -0.05) is 0 Å². The van der Waals surface area contributed by atoms with E-state index in [4.69, 9.17) is 4.74 Å². The maximum absolute atomic E-state index is 13.7. The Bertz CT molecular complexity index is 1380. The Morgan fingerprint density at radius 2 is 1.62 bits per heavy atom. The summed E-state index contributed by atoms with van der Waals surface area (Å²) < 4.78 is 62.7. The monoisotopic (exact) mass is 590 g/mol. The van der Waals surface area contributed by atoms with Crippen molar-refractivity contribution < 1.29 is 21.6 Å². The molecule has 4 heterocycles. The number of methoxy groups -OCH3 is 1. The number of piperidine rings is 1. The van der Waals surface area contributed by atoms with E-state index in [9.17, 15) is 16.8 Å². The molecular formula is C29H42N4O5S2. The number of pyridine rings is 1. The van der Waals surface area contributed by atoms with Gasteiger partial charge in [-0.15, -0.1) is 0 Å². The molecule has 220 valence electrons. The van der Waals surface area contributed by atoms with Crippen LogP contribution in [0.1, 0.15) is 56.1 Å². The van der Waals surface area contributed by atoms with Crippen molar-refractivity contribution in [3.8, 4) is 5.75 Å². The maximum atomic E-state index is 13.7. The van der Waals surface area contributed by atoms with Gasteiger partial charge in [0.15, 0.2) is 0 Å². The largest absolute Gasteiger partial charge is 0.497 e. The van der Waals surface area contributed by atoms with E-state index < -0.39 is 20.0 Å². The second-order valence-corrected chi connectivity index (χ2v) is 15.7. The van der Waals surface area contributed by atoms with E-state index in [1.54, 1.807) is 41.7 Å². The normalized spacial score (nSPS) is 22.3. The fraction of sp³-hybridized carbons (Fsp3) is 0.621. The zero-order chi connectivity index (χ0) is 28.5. The molecule has 0 N–H and O–H groups in total. The standard InChI is InChI=1S/C29H42N4O5S2/c1-23-20-27(38-3)21-24(2)28(23)40(36,37)33-15-4-6-26(33)7-5-19-39(34,35)32-18-12-29(22-32)10-16-31(17-11-29)25-8-13-30-14-9-25/h8-9,13-14,20-21,26H,4-7,10-12,15-19,22H2,1-3H3. The van der Waals surface area contributed by atoms with Gasteiger partial charge in [-0.05, 0) is 99.6 Å². The van der Waals surface area contributed by atoms with Gasteiger partial charge >= 0.3 is 0 Å². The van der Waals surface area contributed by atoms with Crippen LogP contribution >= 0.6 is 0 Å². The van der Waals surface area contributed by atoms with Crippen LogP contribution in [0.2, 0.25) is 0 Å². The maximum Gasteiger partial charge on any atom is 0.243 e. The fourth-order valence-electron chi connectivity index (χ4n) is 6.93. The molecule has 5 rings (SSSR count). The molecule has 1 spiro atoms. The minimum Gasteiger partial charge on any atom is -0.497 e. The number of aromatic nitrogens is 1. The Hall–Kier alpha value is -2.21. The SMILES string of the molecule is COc1cc(C)c(S(=O)(=O)N2CCCC2CCCS(=O)(=O)N2CCC3(CCN(c4ccncc4)CC3)C2)c(C)c1. The molecule has 0 bridgehead atoms.